The Balaban J connectivity index is 1.79. The summed E-state index contributed by atoms with van der Waals surface area (Å²) in [6, 6.07) is 8.75. The lowest BCUT2D eigenvalue weighted by Crippen LogP contribution is -2.29. The first-order valence-electron chi connectivity index (χ1n) is 10.0. The topological polar surface area (TPSA) is 61.8 Å². The smallest absolute Gasteiger partial charge is 0.280 e. The molecule has 1 N–H and O–H groups in total. The monoisotopic (exact) mass is 429 g/mol. The van der Waals surface area contributed by atoms with Gasteiger partial charge in [0.05, 0.1) is 17.0 Å². The number of carbonyl (C=O) groups excluding carboxylic acids is 2. The van der Waals surface area contributed by atoms with E-state index in [1.807, 2.05) is 19.9 Å². The molecule has 2 aromatic rings. The average molecular weight is 429 g/mol. The number of nitrogens with zero attached hydrogens (tertiary/aromatic N) is 2. The lowest BCUT2D eigenvalue weighted by Gasteiger charge is -2.20. The van der Waals surface area contributed by atoms with Crippen molar-refractivity contribution in [3.05, 3.63) is 58.7 Å². The van der Waals surface area contributed by atoms with E-state index < -0.39 is 23.6 Å². The molecule has 1 atom stereocenters. The highest BCUT2D eigenvalue weighted by Crippen LogP contribution is 2.45. The van der Waals surface area contributed by atoms with Crippen LogP contribution in [0.25, 0.3) is 0 Å². The Morgan fingerprint density at radius 2 is 1.74 bits per heavy atom. The molecule has 1 heterocycles. The number of nitrogens with one attached hydrogen (secondary N) is 1. The fourth-order valence-corrected chi connectivity index (χ4v) is 3.93. The summed E-state index contributed by atoms with van der Waals surface area (Å²) >= 11 is 0. The Kier molecular flexibility index (Phi) is 5.11. The van der Waals surface area contributed by atoms with E-state index in [4.69, 9.17) is 0 Å². The van der Waals surface area contributed by atoms with E-state index in [1.54, 1.807) is 19.1 Å². The first-order valence-corrected chi connectivity index (χ1v) is 10.0. The summed E-state index contributed by atoms with van der Waals surface area (Å²) in [7, 11) is 0. The number of fused-ring (bicyclic) bond motifs is 1. The zero-order valence-electron chi connectivity index (χ0n) is 17.4. The van der Waals surface area contributed by atoms with Gasteiger partial charge in [-0.15, -0.1) is 0 Å². The van der Waals surface area contributed by atoms with Gasteiger partial charge in [-0.05, 0) is 74.6 Å². The highest BCUT2D eigenvalue weighted by molar-refractivity contribution is 6.22. The first-order chi connectivity index (χ1) is 14.6. The molecule has 8 heteroatoms. The van der Waals surface area contributed by atoms with Crippen LogP contribution in [-0.4, -0.2) is 17.5 Å². The minimum atomic E-state index is -4.54. The highest BCUT2D eigenvalue weighted by atomic mass is 19.4. The molecule has 1 aliphatic carbocycles. The second-order valence-electron chi connectivity index (χ2n) is 8.23. The zero-order chi connectivity index (χ0) is 22.5. The van der Waals surface area contributed by atoms with Crippen LogP contribution >= 0.6 is 0 Å². The van der Waals surface area contributed by atoms with Crippen molar-refractivity contribution in [1.29, 1.82) is 0 Å². The molecule has 162 valence electrons. The van der Waals surface area contributed by atoms with Crippen LogP contribution in [0.2, 0.25) is 0 Å². The van der Waals surface area contributed by atoms with Gasteiger partial charge in [-0.1, -0.05) is 12.1 Å². The fraction of sp³-hybridized carbons (Fsp3) is 0.348. The van der Waals surface area contributed by atoms with Crippen LogP contribution in [0.5, 0.6) is 0 Å². The number of halogens is 3. The van der Waals surface area contributed by atoms with Crippen molar-refractivity contribution in [3.8, 4) is 0 Å². The van der Waals surface area contributed by atoms with Gasteiger partial charge in [0.25, 0.3) is 0 Å². The summed E-state index contributed by atoms with van der Waals surface area (Å²) in [5, 5.41) is 4.10. The molecule has 0 bridgehead atoms. The summed E-state index contributed by atoms with van der Waals surface area (Å²) in [4.78, 5) is 26.7. The van der Waals surface area contributed by atoms with Gasteiger partial charge in [0.15, 0.2) is 0 Å². The van der Waals surface area contributed by atoms with Gasteiger partial charge in [-0.3, -0.25) is 14.5 Å². The molecule has 1 aliphatic heterocycles. The number of alkyl halides is 3. The van der Waals surface area contributed by atoms with Gasteiger partial charge in [0.1, 0.15) is 5.92 Å². The van der Waals surface area contributed by atoms with E-state index in [2.05, 4.69) is 10.5 Å². The Hall–Kier alpha value is -3.16. The van der Waals surface area contributed by atoms with Gasteiger partial charge < -0.3 is 0 Å². The van der Waals surface area contributed by atoms with Crippen LogP contribution in [-0.2, 0) is 15.8 Å². The van der Waals surface area contributed by atoms with Gasteiger partial charge in [0, 0.05) is 11.6 Å². The van der Waals surface area contributed by atoms with Crippen LogP contribution in [0.1, 0.15) is 47.9 Å². The predicted molar refractivity (Wildman–Crippen MR) is 111 cm³/mol. The summed E-state index contributed by atoms with van der Waals surface area (Å²) in [6.07, 6.45) is -2.91. The molecule has 4 rings (SSSR count). The Morgan fingerprint density at radius 3 is 2.32 bits per heavy atom. The maximum atomic E-state index is 13.4. The van der Waals surface area contributed by atoms with E-state index in [1.165, 1.54) is 11.0 Å². The van der Waals surface area contributed by atoms with Gasteiger partial charge in [-0.25, -0.2) is 5.43 Å². The SMILES string of the molecule is C/C(=N/NC(=O)C1CC1)C1C(=O)N(c2cc(C)cc(C)c2)c2cc(C(F)(F)F)ccc21. The number of anilines is 2. The maximum Gasteiger partial charge on any atom is 0.416 e. The van der Waals surface area contributed by atoms with Gasteiger partial charge >= 0.3 is 6.18 Å². The molecule has 1 saturated carbocycles. The molecule has 31 heavy (non-hydrogen) atoms. The summed E-state index contributed by atoms with van der Waals surface area (Å²) in [5.41, 5.74) is 4.87. The predicted octanol–water partition coefficient (Wildman–Crippen LogP) is 4.99. The van der Waals surface area contributed by atoms with E-state index in [9.17, 15) is 22.8 Å². The normalized spacial score (nSPS) is 18.9. The van der Waals surface area contributed by atoms with Crippen molar-refractivity contribution in [2.45, 2.75) is 45.7 Å². The largest absolute Gasteiger partial charge is 0.416 e. The molecule has 1 unspecified atom stereocenters. The summed E-state index contributed by atoms with van der Waals surface area (Å²) in [6.45, 7) is 5.32. The molecule has 2 aromatic carbocycles. The number of aryl methyl sites for hydroxylation is 2. The molecule has 0 aromatic heterocycles. The average Bonchev–Trinajstić information content (AvgIpc) is 3.47. The lowest BCUT2D eigenvalue weighted by atomic mass is 9.95. The molecular formula is C23H22F3N3O2. The Labute approximate surface area is 177 Å². The van der Waals surface area contributed by atoms with Crippen LogP contribution in [0.3, 0.4) is 0 Å². The third kappa shape index (κ3) is 4.06. The molecule has 0 radical (unpaired) electrons. The molecule has 2 aliphatic rings. The van der Waals surface area contributed by atoms with Crippen molar-refractivity contribution in [1.82, 2.24) is 5.43 Å². The number of hydrogen-bond acceptors (Lipinski definition) is 3. The fourth-order valence-electron chi connectivity index (χ4n) is 3.93. The number of rotatable bonds is 4. The minimum Gasteiger partial charge on any atom is -0.280 e. The minimum absolute atomic E-state index is 0.0516. The van der Waals surface area contributed by atoms with Crippen molar-refractivity contribution in [2.24, 2.45) is 11.0 Å². The highest BCUT2D eigenvalue weighted by Gasteiger charge is 2.42. The van der Waals surface area contributed by atoms with E-state index in [0.29, 0.717) is 17.0 Å². The number of benzene rings is 2. The van der Waals surface area contributed by atoms with Gasteiger partial charge in [-0.2, -0.15) is 18.3 Å². The summed E-state index contributed by atoms with van der Waals surface area (Å²) < 4.78 is 40.2. The van der Waals surface area contributed by atoms with Crippen LogP contribution in [0.4, 0.5) is 24.5 Å². The van der Waals surface area contributed by atoms with Crippen LogP contribution in [0, 0.1) is 19.8 Å². The maximum absolute atomic E-state index is 13.4. The van der Waals surface area contributed by atoms with E-state index in [-0.39, 0.29) is 17.5 Å². The quantitative estimate of drug-likeness (QED) is 0.550. The molecule has 0 spiro atoms. The molecular weight excluding hydrogens is 407 g/mol. The van der Waals surface area contributed by atoms with E-state index >= 15 is 0 Å². The Bertz CT molecular complexity index is 1080. The molecule has 5 nitrogen and oxygen atoms in total. The summed E-state index contributed by atoms with van der Waals surface area (Å²) in [5.74, 6) is -1.54. The van der Waals surface area contributed by atoms with Crippen molar-refractivity contribution >= 4 is 28.9 Å². The number of carbonyl (C=O) groups is 2. The Morgan fingerprint density at radius 1 is 1.10 bits per heavy atom. The van der Waals surface area contributed by atoms with Crippen molar-refractivity contribution in [2.75, 3.05) is 4.90 Å². The second-order valence-corrected chi connectivity index (χ2v) is 8.23. The van der Waals surface area contributed by atoms with Gasteiger partial charge in [0.2, 0.25) is 11.8 Å². The number of hydrogen-bond donors (Lipinski definition) is 1. The first kappa shape index (κ1) is 21.1. The number of hydrazone groups is 1. The van der Waals surface area contributed by atoms with Crippen LogP contribution < -0.4 is 10.3 Å². The standard InChI is InChI=1S/C23H22F3N3O2/c1-12-8-13(2)10-17(9-12)29-19-11-16(23(24,25)26)6-7-18(19)20(22(29)31)14(3)27-28-21(30)15-4-5-15/h6-11,15,20H,4-5H2,1-3H3,(H,28,30)/b27-14-. The molecule has 1 fully saturated rings. The third-order valence-electron chi connectivity index (χ3n) is 5.55. The lowest BCUT2D eigenvalue weighted by molar-refractivity contribution is -0.137. The number of amides is 2. The third-order valence-corrected chi connectivity index (χ3v) is 5.55. The van der Waals surface area contributed by atoms with Crippen LogP contribution in [0.15, 0.2) is 41.5 Å². The molecule has 2 amide bonds. The molecule has 0 saturated heterocycles. The zero-order valence-corrected chi connectivity index (χ0v) is 17.4. The van der Waals surface area contributed by atoms with Crippen molar-refractivity contribution < 1.29 is 22.8 Å². The van der Waals surface area contributed by atoms with Crippen molar-refractivity contribution in [3.63, 3.8) is 0 Å². The van der Waals surface area contributed by atoms with E-state index in [0.717, 1.165) is 36.1 Å². The second kappa shape index (κ2) is 7.51.